The van der Waals surface area contributed by atoms with Gasteiger partial charge in [-0.1, -0.05) is 6.08 Å². The van der Waals surface area contributed by atoms with E-state index in [1.54, 1.807) is 6.20 Å². The topological polar surface area (TPSA) is 38.3 Å². The number of nitrogens with one attached hydrogen (secondary N) is 1. The van der Waals surface area contributed by atoms with E-state index in [2.05, 4.69) is 25.1 Å². The van der Waals surface area contributed by atoms with E-state index in [0.717, 1.165) is 19.1 Å². The van der Waals surface area contributed by atoms with Crippen molar-refractivity contribution >= 4 is 14.6 Å². The summed E-state index contributed by atoms with van der Waals surface area (Å²) >= 11 is 0. The number of aldehydes is 1. The van der Waals surface area contributed by atoms with Gasteiger partial charge in [-0.05, 0) is 32.5 Å². The molecule has 0 radical (unpaired) electrons. The molecule has 4 heteroatoms. The molecule has 0 saturated carbocycles. The maximum Gasteiger partial charge on any atom is 0.220 e. The number of hydrogen-bond acceptors (Lipinski definition) is 3. The predicted octanol–water partition coefficient (Wildman–Crippen LogP) is 2.23. The first-order chi connectivity index (χ1) is 6.06. The molecule has 0 heterocycles. The van der Waals surface area contributed by atoms with Gasteiger partial charge in [-0.25, -0.2) is 0 Å². The molecule has 0 bridgehead atoms. The monoisotopic (exact) mass is 201 g/mol. The summed E-state index contributed by atoms with van der Waals surface area (Å²) in [5, 5.41) is 0. The second kappa shape index (κ2) is 6.86. The Labute approximate surface area is 81.3 Å². The summed E-state index contributed by atoms with van der Waals surface area (Å²) in [5.41, 5.74) is 2.80. The van der Waals surface area contributed by atoms with E-state index in [-0.39, 0.29) is 0 Å². The van der Waals surface area contributed by atoms with Gasteiger partial charge in [0.05, 0.1) is 0 Å². The van der Waals surface area contributed by atoms with E-state index in [0.29, 0.717) is 6.42 Å². The number of hydrogen-bond donors (Lipinski definition) is 1. The summed E-state index contributed by atoms with van der Waals surface area (Å²) < 4.78 is 5.37. The van der Waals surface area contributed by atoms with Crippen molar-refractivity contribution < 1.29 is 9.32 Å². The molecule has 0 saturated heterocycles. The van der Waals surface area contributed by atoms with Gasteiger partial charge in [0.1, 0.15) is 6.29 Å². The molecule has 0 amide bonds. The van der Waals surface area contributed by atoms with Gasteiger partial charge in [0, 0.05) is 12.6 Å². The third-order valence-corrected chi connectivity index (χ3v) is 1.97. The molecule has 0 aromatic carbocycles. The zero-order chi connectivity index (χ0) is 10.2. The van der Waals surface area contributed by atoms with Crippen LogP contribution in [0.3, 0.4) is 0 Å². The summed E-state index contributed by atoms with van der Waals surface area (Å²) in [6.07, 6.45) is 7.18. The van der Waals surface area contributed by atoms with Gasteiger partial charge < -0.3 is 9.32 Å². The first kappa shape index (κ1) is 12.4. The highest BCUT2D eigenvalue weighted by atomic mass is 28.4. The Morgan fingerprint density at radius 2 is 2.00 bits per heavy atom. The van der Waals surface area contributed by atoms with Gasteiger partial charge in [0.25, 0.3) is 0 Å². The number of hydroxylamine groups is 1. The molecule has 3 nitrogen and oxygen atoms in total. The van der Waals surface area contributed by atoms with Gasteiger partial charge in [0.15, 0.2) is 0 Å². The number of carbonyl (C=O) groups excluding carboxylic acids is 1. The minimum Gasteiger partial charge on any atom is -0.323 e. The second-order valence-electron chi connectivity index (χ2n) is 3.83. The van der Waals surface area contributed by atoms with Gasteiger partial charge >= 0.3 is 0 Å². The summed E-state index contributed by atoms with van der Waals surface area (Å²) in [4.78, 5) is 9.97. The highest BCUT2D eigenvalue weighted by Gasteiger charge is 2.13. The molecular formula is C9H19NO2Si. The Morgan fingerprint density at radius 1 is 1.31 bits per heavy atom. The van der Waals surface area contributed by atoms with Crippen molar-refractivity contribution in [1.82, 2.24) is 5.48 Å². The van der Waals surface area contributed by atoms with Crippen LogP contribution in [0.25, 0.3) is 0 Å². The highest BCUT2D eigenvalue weighted by molar-refractivity contribution is 6.69. The van der Waals surface area contributed by atoms with E-state index >= 15 is 0 Å². The van der Waals surface area contributed by atoms with Crippen molar-refractivity contribution in [3.63, 3.8) is 0 Å². The minimum atomic E-state index is -1.45. The molecule has 13 heavy (non-hydrogen) atoms. The lowest BCUT2D eigenvalue weighted by Crippen LogP contribution is -2.30. The van der Waals surface area contributed by atoms with Crippen molar-refractivity contribution in [3.05, 3.63) is 12.3 Å². The van der Waals surface area contributed by atoms with Crippen LogP contribution in [0.2, 0.25) is 19.6 Å². The molecule has 0 unspecified atom stereocenters. The fraction of sp³-hybridized carbons (Fsp3) is 0.667. The maximum atomic E-state index is 9.97. The molecular weight excluding hydrogens is 182 g/mol. The fourth-order valence-corrected chi connectivity index (χ4v) is 1.08. The van der Waals surface area contributed by atoms with E-state index in [1.807, 2.05) is 6.08 Å². The Bertz CT molecular complexity index is 163. The fourth-order valence-electron chi connectivity index (χ4n) is 0.661. The van der Waals surface area contributed by atoms with Crippen LogP contribution >= 0.6 is 0 Å². The lowest BCUT2D eigenvalue weighted by Gasteiger charge is -2.15. The molecule has 0 atom stereocenters. The van der Waals surface area contributed by atoms with Gasteiger partial charge in [-0.2, -0.15) is 0 Å². The van der Waals surface area contributed by atoms with Crippen molar-refractivity contribution in [2.45, 2.75) is 38.9 Å². The number of unbranched alkanes of at least 4 members (excludes halogenated alkanes) is 2. The Kier molecular flexibility index (Phi) is 6.53. The lowest BCUT2D eigenvalue weighted by molar-refractivity contribution is -0.107. The molecule has 0 rings (SSSR count). The van der Waals surface area contributed by atoms with Gasteiger partial charge in [-0.3, -0.25) is 5.48 Å². The minimum absolute atomic E-state index is 0.638. The van der Waals surface area contributed by atoms with Crippen LogP contribution in [0.1, 0.15) is 19.3 Å². The summed E-state index contributed by atoms with van der Waals surface area (Å²) in [5.74, 6) is 0. The molecule has 76 valence electrons. The average Bonchev–Trinajstić information content (AvgIpc) is 2.01. The molecule has 0 aromatic heterocycles. The van der Waals surface area contributed by atoms with Crippen molar-refractivity contribution in [2.24, 2.45) is 0 Å². The largest absolute Gasteiger partial charge is 0.323 e. The van der Waals surface area contributed by atoms with Crippen molar-refractivity contribution in [1.29, 1.82) is 0 Å². The Hall–Kier alpha value is -0.613. The Balaban J connectivity index is 3.27. The molecule has 0 aliphatic carbocycles. The van der Waals surface area contributed by atoms with Gasteiger partial charge in [-0.15, -0.1) is 0 Å². The predicted molar refractivity (Wildman–Crippen MR) is 56.6 cm³/mol. The smallest absolute Gasteiger partial charge is 0.220 e. The SMILES string of the molecule is C[Si](C)(C)ONC=CCCCC=O. The van der Waals surface area contributed by atoms with Crippen LogP contribution in [0.5, 0.6) is 0 Å². The van der Waals surface area contributed by atoms with Crippen molar-refractivity contribution in [2.75, 3.05) is 0 Å². The van der Waals surface area contributed by atoms with E-state index in [4.69, 9.17) is 4.53 Å². The standard InChI is InChI=1S/C9H19NO2Si/c1-13(2,3)12-10-8-6-4-5-7-9-11/h6,8-10H,4-5,7H2,1-3H3. The van der Waals surface area contributed by atoms with Crippen LogP contribution in [0.15, 0.2) is 12.3 Å². The van der Waals surface area contributed by atoms with Crippen LogP contribution in [0.4, 0.5) is 0 Å². The molecule has 0 aromatic rings. The second-order valence-corrected chi connectivity index (χ2v) is 8.26. The van der Waals surface area contributed by atoms with Crippen LogP contribution < -0.4 is 5.48 Å². The van der Waals surface area contributed by atoms with Crippen LogP contribution in [-0.4, -0.2) is 14.6 Å². The van der Waals surface area contributed by atoms with Crippen LogP contribution in [-0.2, 0) is 9.32 Å². The van der Waals surface area contributed by atoms with E-state index in [9.17, 15) is 4.79 Å². The first-order valence-corrected chi connectivity index (χ1v) is 7.99. The third kappa shape index (κ3) is 11.4. The zero-order valence-electron chi connectivity index (χ0n) is 8.67. The number of carbonyl (C=O) groups is 1. The third-order valence-electron chi connectivity index (χ3n) is 1.24. The van der Waals surface area contributed by atoms with Crippen molar-refractivity contribution in [3.8, 4) is 0 Å². The zero-order valence-corrected chi connectivity index (χ0v) is 9.67. The van der Waals surface area contributed by atoms with E-state index < -0.39 is 8.32 Å². The molecule has 0 aliphatic heterocycles. The highest BCUT2D eigenvalue weighted by Crippen LogP contribution is 1.99. The lowest BCUT2D eigenvalue weighted by atomic mass is 10.2. The molecule has 1 N–H and O–H groups in total. The number of allylic oxidation sites excluding steroid dienone is 1. The van der Waals surface area contributed by atoms with Gasteiger partial charge in [0.2, 0.25) is 8.32 Å². The average molecular weight is 201 g/mol. The molecule has 0 aliphatic rings. The normalized spacial score (nSPS) is 11.9. The Morgan fingerprint density at radius 3 is 2.54 bits per heavy atom. The molecule has 0 fully saturated rings. The quantitative estimate of drug-likeness (QED) is 0.297. The van der Waals surface area contributed by atoms with E-state index in [1.165, 1.54) is 0 Å². The summed E-state index contributed by atoms with van der Waals surface area (Å²) in [6, 6.07) is 0. The van der Waals surface area contributed by atoms with Crippen LogP contribution in [0, 0.1) is 0 Å². The first-order valence-electron chi connectivity index (χ1n) is 4.58. The molecule has 0 spiro atoms. The maximum absolute atomic E-state index is 9.97. The summed E-state index contributed by atoms with van der Waals surface area (Å²) in [6.45, 7) is 6.33. The summed E-state index contributed by atoms with van der Waals surface area (Å²) in [7, 11) is -1.45. The number of rotatable bonds is 7.